The molecule has 0 aliphatic heterocycles. The molecule has 148 valence electrons. The minimum Gasteiger partial charge on any atom is -0.423 e. The third-order valence-electron chi connectivity index (χ3n) is 4.30. The summed E-state index contributed by atoms with van der Waals surface area (Å²) in [5, 5.41) is 11.0. The average Bonchev–Trinajstić information content (AvgIpc) is 3.02. The summed E-state index contributed by atoms with van der Waals surface area (Å²) < 4.78 is 6.64. The molecule has 0 unspecified atom stereocenters. The summed E-state index contributed by atoms with van der Waals surface area (Å²) in [6.45, 7) is 1.85. The molecule has 4 rings (SSSR count). The van der Waals surface area contributed by atoms with E-state index >= 15 is 0 Å². The van der Waals surface area contributed by atoms with Crippen molar-refractivity contribution in [1.82, 2.24) is 14.9 Å². The van der Waals surface area contributed by atoms with E-state index in [1.54, 1.807) is 30.3 Å². The monoisotopic (exact) mass is 466 g/mol. The lowest BCUT2D eigenvalue weighted by molar-refractivity contribution is 0.559. The predicted octanol–water partition coefficient (Wildman–Crippen LogP) is 5.33. The maximum absolute atomic E-state index is 11.9. The van der Waals surface area contributed by atoms with Crippen molar-refractivity contribution in [2.24, 2.45) is 0 Å². The number of nitrogen functional groups attached to an aromatic ring is 1. The zero-order valence-corrected chi connectivity index (χ0v) is 18.0. The van der Waals surface area contributed by atoms with Crippen LogP contribution in [-0.2, 0) is 5.75 Å². The second-order valence-corrected chi connectivity index (χ2v) is 8.47. The molecule has 0 atom stereocenters. The summed E-state index contributed by atoms with van der Waals surface area (Å²) >= 11 is 19.8. The van der Waals surface area contributed by atoms with Crippen LogP contribution >= 0.6 is 46.6 Å². The van der Waals surface area contributed by atoms with E-state index in [9.17, 15) is 4.79 Å². The molecule has 10 heteroatoms. The van der Waals surface area contributed by atoms with E-state index in [1.165, 1.54) is 22.5 Å². The van der Waals surface area contributed by atoms with Gasteiger partial charge in [0.1, 0.15) is 5.58 Å². The number of fused-ring (bicyclic) bond motifs is 1. The molecule has 0 fully saturated rings. The Balaban J connectivity index is 1.66. The number of benzene rings is 2. The van der Waals surface area contributed by atoms with Crippen LogP contribution < -0.4 is 11.5 Å². The molecule has 0 spiro atoms. The molecule has 0 saturated heterocycles. The lowest BCUT2D eigenvalue weighted by Crippen LogP contribution is -2.11. The molecule has 2 aromatic heterocycles. The Labute approximate surface area is 184 Å². The fourth-order valence-corrected chi connectivity index (χ4v) is 4.34. The van der Waals surface area contributed by atoms with Gasteiger partial charge < -0.3 is 10.3 Å². The smallest absolute Gasteiger partial charge is 0.336 e. The van der Waals surface area contributed by atoms with Crippen molar-refractivity contribution in [2.75, 3.05) is 5.84 Å². The maximum atomic E-state index is 11.9. The fourth-order valence-electron chi connectivity index (χ4n) is 2.84. The third-order valence-corrected chi connectivity index (χ3v) is 6.25. The maximum Gasteiger partial charge on any atom is 0.336 e. The van der Waals surface area contributed by atoms with Crippen LogP contribution in [0.5, 0.6) is 0 Å². The highest BCUT2D eigenvalue weighted by Crippen LogP contribution is 2.32. The molecule has 4 aromatic rings. The van der Waals surface area contributed by atoms with Crippen molar-refractivity contribution in [3.8, 4) is 11.4 Å². The summed E-state index contributed by atoms with van der Waals surface area (Å²) in [6, 6.07) is 10.0. The number of halogens is 3. The molecule has 2 aromatic carbocycles. The SMILES string of the molecule is Cc1cc2oc(=O)cc(CSc3nnc(-c4ccc(Cl)cc4Cl)n3N)c2cc1Cl. The summed E-state index contributed by atoms with van der Waals surface area (Å²) in [7, 11) is 0. The van der Waals surface area contributed by atoms with Crippen molar-refractivity contribution in [3.63, 3.8) is 0 Å². The van der Waals surface area contributed by atoms with Gasteiger partial charge in [-0.05, 0) is 48.4 Å². The first-order chi connectivity index (χ1) is 13.8. The first-order valence-corrected chi connectivity index (χ1v) is 10.5. The number of hydrogen-bond donors (Lipinski definition) is 1. The minimum absolute atomic E-state index is 0.408. The van der Waals surface area contributed by atoms with Crippen LogP contribution in [0.25, 0.3) is 22.4 Å². The van der Waals surface area contributed by atoms with Gasteiger partial charge in [0.25, 0.3) is 0 Å². The van der Waals surface area contributed by atoms with E-state index in [-0.39, 0.29) is 0 Å². The van der Waals surface area contributed by atoms with Gasteiger partial charge in [-0.1, -0.05) is 46.6 Å². The predicted molar refractivity (Wildman–Crippen MR) is 117 cm³/mol. The first kappa shape index (κ1) is 20.1. The standard InChI is InChI=1S/C19H13Cl3N4O2S/c1-9-4-16-13(7-14(9)21)10(5-17(27)28-16)8-29-19-25-24-18(26(19)23)12-3-2-11(20)6-15(12)22/h2-7H,8,23H2,1H3. The van der Waals surface area contributed by atoms with Crippen molar-refractivity contribution in [2.45, 2.75) is 17.8 Å². The molecule has 2 heterocycles. The second-order valence-electron chi connectivity index (χ2n) is 6.28. The van der Waals surface area contributed by atoms with Gasteiger partial charge in [-0.15, -0.1) is 10.2 Å². The first-order valence-electron chi connectivity index (χ1n) is 8.35. The molecule has 0 radical (unpaired) electrons. The van der Waals surface area contributed by atoms with Gasteiger partial charge in [-0.25, -0.2) is 9.47 Å². The van der Waals surface area contributed by atoms with Crippen LogP contribution in [0, 0.1) is 6.92 Å². The van der Waals surface area contributed by atoms with Crippen LogP contribution in [0.4, 0.5) is 0 Å². The molecule has 2 N–H and O–H groups in total. The summed E-state index contributed by atoms with van der Waals surface area (Å²) in [4.78, 5) is 11.9. The quantitative estimate of drug-likeness (QED) is 0.248. The Bertz CT molecular complexity index is 1300. The molecule has 0 aliphatic rings. The second kappa shape index (κ2) is 7.91. The molecule has 6 nitrogen and oxygen atoms in total. The number of rotatable bonds is 4. The van der Waals surface area contributed by atoms with Crippen LogP contribution in [0.3, 0.4) is 0 Å². The van der Waals surface area contributed by atoms with Gasteiger partial charge in [0.2, 0.25) is 5.16 Å². The zero-order valence-electron chi connectivity index (χ0n) is 14.9. The normalized spacial score (nSPS) is 11.3. The molecule has 0 saturated carbocycles. The molecule has 0 aliphatic carbocycles. The lowest BCUT2D eigenvalue weighted by atomic mass is 10.1. The summed E-state index contributed by atoms with van der Waals surface area (Å²) in [6.07, 6.45) is 0. The minimum atomic E-state index is -0.433. The number of thioether (sulfide) groups is 1. The Morgan fingerprint density at radius 3 is 2.66 bits per heavy atom. The molecule has 0 amide bonds. The van der Waals surface area contributed by atoms with Gasteiger partial charge in [-0.3, -0.25) is 0 Å². The Hall–Kier alpha value is -2.19. The fraction of sp³-hybridized carbons (Fsp3) is 0.105. The van der Waals surface area contributed by atoms with E-state index in [0.717, 1.165) is 16.5 Å². The highest BCUT2D eigenvalue weighted by Gasteiger charge is 2.16. The summed E-state index contributed by atoms with van der Waals surface area (Å²) in [5.41, 5.74) is 2.26. The van der Waals surface area contributed by atoms with E-state index in [1.807, 2.05) is 6.92 Å². The number of aromatic nitrogens is 3. The molecule has 0 bridgehead atoms. The Morgan fingerprint density at radius 2 is 1.90 bits per heavy atom. The van der Waals surface area contributed by atoms with Crippen molar-refractivity contribution >= 4 is 57.5 Å². The van der Waals surface area contributed by atoms with Gasteiger partial charge >= 0.3 is 5.63 Å². The topological polar surface area (TPSA) is 86.9 Å². The van der Waals surface area contributed by atoms with E-state index in [2.05, 4.69) is 10.2 Å². The molecular formula is C19H13Cl3N4O2S. The van der Waals surface area contributed by atoms with Gasteiger partial charge in [0, 0.05) is 32.8 Å². The largest absolute Gasteiger partial charge is 0.423 e. The molecular weight excluding hydrogens is 455 g/mol. The third kappa shape index (κ3) is 3.96. The van der Waals surface area contributed by atoms with E-state index < -0.39 is 5.63 Å². The number of hydrogen-bond acceptors (Lipinski definition) is 6. The van der Waals surface area contributed by atoms with Crippen molar-refractivity contribution < 1.29 is 4.42 Å². The number of aryl methyl sites for hydroxylation is 1. The Morgan fingerprint density at radius 1 is 1.10 bits per heavy atom. The summed E-state index contributed by atoms with van der Waals surface area (Å²) in [5.74, 6) is 7.00. The van der Waals surface area contributed by atoms with E-state index in [4.69, 9.17) is 45.1 Å². The number of nitrogens with zero attached hydrogens (tertiary/aromatic N) is 3. The van der Waals surface area contributed by atoms with Crippen LogP contribution in [0.15, 0.2) is 50.8 Å². The molecule has 29 heavy (non-hydrogen) atoms. The number of nitrogens with two attached hydrogens (primary N) is 1. The van der Waals surface area contributed by atoms with Crippen molar-refractivity contribution in [3.05, 3.63) is 73.0 Å². The van der Waals surface area contributed by atoms with Crippen molar-refractivity contribution in [1.29, 1.82) is 0 Å². The van der Waals surface area contributed by atoms with Gasteiger partial charge in [0.05, 0.1) is 5.02 Å². The highest BCUT2D eigenvalue weighted by atomic mass is 35.5. The van der Waals surface area contributed by atoms with Gasteiger partial charge in [-0.2, -0.15) is 0 Å². The zero-order chi connectivity index (χ0) is 20.7. The van der Waals surface area contributed by atoms with Crippen LogP contribution in [0.2, 0.25) is 15.1 Å². The lowest BCUT2D eigenvalue weighted by Gasteiger charge is -2.08. The average molecular weight is 468 g/mol. The van der Waals surface area contributed by atoms with Crippen LogP contribution in [-0.4, -0.2) is 14.9 Å². The van der Waals surface area contributed by atoms with Crippen LogP contribution in [0.1, 0.15) is 11.1 Å². The van der Waals surface area contributed by atoms with Gasteiger partial charge in [0.15, 0.2) is 5.82 Å². The Kier molecular flexibility index (Phi) is 5.48. The highest BCUT2D eigenvalue weighted by molar-refractivity contribution is 7.98. The van der Waals surface area contributed by atoms with E-state index in [0.29, 0.717) is 42.9 Å².